The first-order chi connectivity index (χ1) is 7.82. The number of carbonyl (C=O) groups is 1. The molecule has 0 aliphatic heterocycles. The summed E-state index contributed by atoms with van der Waals surface area (Å²) in [6.45, 7) is 9.51. The third-order valence-electron chi connectivity index (χ3n) is 2.76. The van der Waals surface area contributed by atoms with E-state index in [4.69, 9.17) is 9.84 Å². The van der Waals surface area contributed by atoms with Crippen LogP contribution in [0.3, 0.4) is 0 Å². The van der Waals surface area contributed by atoms with Crippen molar-refractivity contribution in [1.29, 1.82) is 0 Å². The number of hydrogen-bond donors (Lipinski definition) is 1. The van der Waals surface area contributed by atoms with Gasteiger partial charge in [-0.1, -0.05) is 13.8 Å². The number of aryl methyl sites for hydroxylation is 2. The van der Waals surface area contributed by atoms with Gasteiger partial charge in [0.25, 0.3) is 0 Å². The number of carboxylic acid groups (broad SMARTS) is 1. The summed E-state index contributed by atoms with van der Waals surface area (Å²) >= 11 is 0. The van der Waals surface area contributed by atoms with Crippen molar-refractivity contribution in [2.24, 2.45) is 5.92 Å². The van der Waals surface area contributed by atoms with Crippen LogP contribution in [0.1, 0.15) is 42.5 Å². The predicted octanol–water partition coefficient (Wildman–Crippen LogP) is 2.82. The van der Waals surface area contributed by atoms with Gasteiger partial charge >= 0.3 is 5.97 Å². The molecule has 0 radical (unpaired) electrons. The summed E-state index contributed by atoms with van der Waals surface area (Å²) in [4.78, 5) is 15.3. The highest BCUT2D eigenvalue weighted by molar-refractivity contribution is 5.92. The number of nitrogens with zero attached hydrogens (tertiary/aromatic N) is 1. The molecule has 0 fully saturated rings. The average molecular weight is 237 g/mol. The Morgan fingerprint density at radius 1 is 1.35 bits per heavy atom. The molecule has 94 valence electrons. The summed E-state index contributed by atoms with van der Waals surface area (Å²) in [6.07, 6.45) is -0.0331. The molecule has 4 heteroatoms. The minimum Gasteiger partial charge on any atom is -0.489 e. The topological polar surface area (TPSA) is 59.4 Å². The Kier molecular flexibility index (Phi) is 4.10. The number of rotatable bonds is 4. The summed E-state index contributed by atoms with van der Waals surface area (Å²) in [5, 5.41) is 9.17. The Morgan fingerprint density at radius 2 is 1.94 bits per heavy atom. The van der Waals surface area contributed by atoms with Crippen molar-refractivity contribution in [3.05, 3.63) is 23.0 Å². The molecular weight excluding hydrogens is 218 g/mol. The fourth-order valence-corrected chi connectivity index (χ4v) is 1.48. The Bertz CT molecular complexity index is 427. The van der Waals surface area contributed by atoms with E-state index in [0.29, 0.717) is 17.4 Å². The second-order valence-electron chi connectivity index (χ2n) is 4.59. The minimum absolute atomic E-state index is 0.0331. The summed E-state index contributed by atoms with van der Waals surface area (Å²) in [7, 11) is 0. The average Bonchev–Trinajstić information content (AvgIpc) is 2.14. The number of carboxylic acids is 1. The van der Waals surface area contributed by atoms with Crippen LogP contribution in [0, 0.1) is 19.8 Å². The standard InChI is InChI=1S/C13H19NO3/c1-7(2)10(5)17-11-6-8(3)14-9(4)12(11)13(15)16/h6-7,10H,1-5H3,(H,15,16). The molecule has 4 nitrogen and oxygen atoms in total. The van der Waals surface area contributed by atoms with E-state index in [9.17, 15) is 4.79 Å². The van der Waals surface area contributed by atoms with E-state index in [-0.39, 0.29) is 11.7 Å². The molecule has 17 heavy (non-hydrogen) atoms. The molecule has 0 aromatic carbocycles. The molecule has 0 aliphatic rings. The van der Waals surface area contributed by atoms with Crippen LogP contribution in [0.25, 0.3) is 0 Å². The molecule has 1 rings (SSSR count). The highest BCUT2D eigenvalue weighted by atomic mass is 16.5. The molecule has 1 atom stereocenters. The van der Waals surface area contributed by atoms with Gasteiger partial charge in [-0.15, -0.1) is 0 Å². The number of aromatic carboxylic acids is 1. The second kappa shape index (κ2) is 5.17. The first kappa shape index (κ1) is 13.5. The van der Waals surface area contributed by atoms with Crippen molar-refractivity contribution in [1.82, 2.24) is 4.98 Å². The third-order valence-corrected chi connectivity index (χ3v) is 2.76. The van der Waals surface area contributed by atoms with E-state index < -0.39 is 5.97 Å². The Labute approximate surface area is 102 Å². The lowest BCUT2D eigenvalue weighted by atomic mass is 10.1. The van der Waals surface area contributed by atoms with Crippen LogP contribution < -0.4 is 4.74 Å². The molecule has 0 bridgehead atoms. The van der Waals surface area contributed by atoms with Crippen LogP contribution in [0.15, 0.2) is 6.07 Å². The van der Waals surface area contributed by atoms with Gasteiger partial charge in [-0.2, -0.15) is 0 Å². The van der Waals surface area contributed by atoms with Gasteiger partial charge in [0.1, 0.15) is 11.3 Å². The molecule has 0 saturated carbocycles. The smallest absolute Gasteiger partial charge is 0.341 e. The lowest BCUT2D eigenvalue weighted by Crippen LogP contribution is -2.20. The summed E-state index contributed by atoms with van der Waals surface area (Å²) in [5.74, 6) is -0.268. The van der Waals surface area contributed by atoms with E-state index in [1.54, 1.807) is 13.0 Å². The lowest BCUT2D eigenvalue weighted by Gasteiger charge is -2.20. The normalized spacial score (nSPS) is 12.6. The van der Waals surface area contributed by atoms with Gasteiger partial charge in [0.15, 0.2) is 0 Å². The summed E-state index contributed by atoms with van der Waals surface area (Å²) < 4.78 is 5.71. The highest BCUT2D eigenvalue weighted by Crippen LogP contribution is 2.24. The van der Waals surface area contributed by atoms with Gasteiger partial charge in [0, 0.05) is 11.8 Å². The van der Waals surface area contributed by atoms with Gasteiger partial charge in [-0.05, 0) is 26.7 Å². The molecule has 0 aliphatic carbocycles. The molecule has 1 aromatic heterocycles. The second-order valence-corrected chi connectivity index (χ2v) is 4.59. The molecule has 0 amide bonds. The number of aromatic nitrogens is 1. The van der Waals surface area contributed by atoms with Gasteiger partial charge in [-0.3, -0.25) is 4.98 Å². The van der Waals surface area contributed by atoms with Crippen molar-refractivity contribution in [3.63, 3.8) is 0 Å². The molecule has 0 saturated heterocycles. The van der Waals surface area contributed by atoms with Crippen LogP contribution in [-0.2, 0) is 0 Å². The van der Waals surface area contributed by atoms with Crippen molar-refractivity contribution in [2.75, 3.05) is 0 Å². The first-order valence-corrected chi connectivity index (χ1v) is 5.71. The minimum atomic E-state index is -0.999. The number of hydrogen-bond acceptors (Lipinski definition) is 3. The molecule has 1 unspecified atom stereocenters. The molecule has 0 spiro atoms. The van der Waals surface area contributed by atoms with Crippen LogP contribution >= 0.6 is 0 Å². The lowest BCUT2D eigenvalue weighted by molar-refractivity contribution is 0.0685. The van der Waals surface area contributed by atoms with Crippen molar-refractivity contribution in [2.45, 2.75) is 40.7 Å². The number of pyridine rings is 1. The van der Waals surface area contributed by atoms with Crippen molar-refractivity contribution < 1.29 is 14.6 Å². The largest absolute Gasteiger partial charge is 0.489 e. The Morgan fingerprint density at radius 3 is 2.41 bits per heavy atom. The van der Waals surface area contributed by atoms with Crippen LogP contribution in [0.4, 0.5) is 0 Å². The maximum Gasteiger partial charge on any atom is 0.341 e. The third kappa shape index (κ3) is 3.19. The van der Waals surface area contributed by atoms with E-state index in [1.165, 1.54) is 0 Å². The van der Waals surface area contributed by atoms with Gasteiger partial charge < -0.3 is 9.84 Å². The van der Waals surface area contributed by atoms with E-state index >= 15 is 0 Å². The zero-order valence-corrected chi connectivity index (χ0v) is 10.9. The number of ether oxygens (including phenoxy) is 1. The van der Waals surface area contributed by atoms with Crippen LogP contribution in [-0.4, -0.2) is 22.2 Å². The fraction of sp³-hybridized carbons (Fsp3) is 0.538. The highest BCUT2D eigenvalue weighted by Gasteiger charge is 2.19. The van der Waals surface area contributed by atoms with E-state index in [0.717, 1.165) is 5.69 Å². The first-order valence-electron chi connectivity index (χ1n) is 5.71. The fourth-order valence-electron chi connectivity index (χ4n) is 1.48. The predicted molar refractivity (Wildman–Crippen MR) is 65.6 cm³/mol. The maximum absolute atomic E-state index is 11.2. The molecule has 1 N–H and O–H groups in total. The maximum atomic E-state index is 11.2. The van der Waals surface area contributed by atoms with E-state index in [2.05, 4.69) is 4.98 Å². The van der Waals surface area contributed by atoms with Crippen molar-refractivity contribution >= 4 is 5.97 Å². The van der Waals surface area contributed by atoms with Crippen LogP contribution in [0.5, 0.6) is 5.75 Å². The molecule has 1 aromatic rings. The summed E-state index contributed by atoms with van der Waals surface area (Å²) in [5.41, 5.74) is 1.41. The van der Waals surface area contributed by atoms with Crippen molar-refractivity contribution in [3.8, 4) is 5.75 Å². The van der Waals surface area contributed by atoms with E-state index in [1.807, 2.05) is 27.7 Å². The van der Waals surface area contributed by atoms with Gasteiger partial charge in [0.2, 0.25) is 0 Å². The Balaban J connectivity index is 3.17. The van der Waals surface area contributed by atoms with Crippen LogP contribution in [0.2, 0.25) is 0 Å². The molecular formula is C13H19NO3. The zero-order chi connectivity index (χ0) is 13.2. The summed E-state index contributed by atoms with van der Waals surface area (Å²) in [6, 6.07) is 1.68. The Hall–Kier alpha value is -1.58. The quantitative estimate of drug-likeness (QED) is 0.874. The van der Waals surface area contributed by atoms with Gasteiger partial charge in [0.05, 0.1) is 11.8 Å². The zero-order valence-electron chi connectivity index (χ0n) is 10.9. The SMILES string of the molecule is Cc1cc(OC(C)C(C)C)c(C(=O)O)c(C)n1. The molecule has 1 heterocycles. The monoisotopic (exact) mass is 237 g/mol. The van der Waals surface area contributed by atoms with Gasteiger partial charge in [-0.25, -0.2) is 4.79 Å².